The monoisotopic (exact) mass is 285 g/mol. The van der Waals surface area contributed by atoms with Gasteiger partial charge in [-0.1, -0.05) is 0 Å². The number of aromatic nitrogens is 1. The lowest BCUT2D eigenvalue weighted by molar-refractivity contribution is 0.396. The minimum Gasteiger partial charge on any atom is -0.481 e. The molecule has 13 heavy (non-hydrogen) atoms. The number of hydrogen-bond donors (Lipinski definition) is 0. The maximum atomic E-state index is 10.9. The first-order valence-electron chi connectivity index (χ1n) is 3.10. The van der Waals surface area contributed by atoms with Gasteiger partial charge < -0.3 is 4.74 Å². The summed E-state index contributed by atoms with van der Waals surface area (Å²) in [5.41, 5.74) is 0. The largest absolute Gasteiger partial charge is 0.481 e. The lowest BCUT2D eigenvalue weighted by Gasteiger charge is -2.01. The van der Waals surface area contributed by atoms with Crippen LogP contribution in [-0.4, -0.2) is 20.5 Å². The molecular formula is C6H5BrClNO3S. The van der Waals surface area contributed by atoms with E-state index in [0.29, 0.717) is 5.88 Å². The van der Waals surface area contributed by atoms with E-state index in [9.17, 15) is 8.42 Å². The summed E-state index contributed by atoms with van der Waals surface area (Å²) in [7, 11) is 2.80. The van der Waals surface area contributed by atoms with Gasteiger partial charge in [0.2, 0.25) is 5.88 Å². The third kappa shape index (κ3) is 2.55. The molecule has 0 aliphatic heterocycles. The van der Waals surface area contributed by atoms with Crippen molar-refractivity contribution < 1.29 is 13.2 Å². The van der Waals surface area contributed by atoms with E-state index in [1.165, 1.54) is 19.2 Å². The van der Waals surface area contributed by atoms with Crippen LogP contribution >= 0.6 is 26.6 Å². The van der Waals surface area contributed by atoms with Gasteiger partial charge in [-0.2, -0.15) is 0 Å². The molecule has 0 saturated carbocycles. The number of nitrogens with zero attached hydrogens (tertiary/aromatic N) is 1. The number of hydrogen-bond acceptors (Lipinski definition) is 4. The predicted molar refractivity (Wildman–Crippen MR) is 51.5 cm³/mol. The van der Waals surface area contributed by atoms with Crippen LogP contribution in [-0.2, 0) is 9.05 Å². The fourth-order valence-corrected chi connectivity index (χ4v) is 2.78. The maximum Gasteiger partial charge on any atom is 0.264 e. The molecule has 0 aliphatic carbocycles. The predicted octanol–water partition coefficient (Wildman–Crippen LogP) is 1.78. The van der Waals surface area contributed by atoms with Crippen LogP contribution in [0.3, 0.4) is 0 Å². The number of methoxy groups -OCH3 is 1. The Hall–Kier alpha value is -0.330. The van der Waals surface area contributed by atoms with Crippen molar-refractivity contribution in [3.8, 4) is 5.88 Å². The van der Waals surface area contributed by atoms with Gasteiger partial charge in [0.1, 0.15) is 9.50 Å². The Morgan fingerprint density at radius 3 is 2.54 bits per heavy atom. The summed E-state index contributed by atoms with van der Waals surface area (Å²) in [5, 5.41) is 0. The molecule has 1 aromatic rings. The average molecular weight is 287 g/mol. The quantitative estimate of drug-likeness (QED) is 0.614. The highest BCUT2D eigenvalue weighted by Gasteiger charge is 2.15. The smallest absolute Gasteiger partial charge is 0.264 e. The molecule has 0 amide bonds. The van der Waals surface area contributed by atoms with Crippen molar-refractivity contribution in [2.75, 3.05) is 7.11 Å². The Bertz CT molecular complexity index is 420. The molecule has 0 fully saturated rings. The first kappa shape index (κ1) is 10.7. The summed E-state index contributed by atoms with van der Waals surface area (Å²) in [6.45, 7) is 0. The van der Waals surface area contributed by atoms with Gasteiger partial charge in [-0.15, -0.1) is 0 Å². The van der Waals surface area contributed by atoms with Crippen molar-refractivity contribution in [2.45, 2.75) is 4.90 Å². The number of pyridine rings is 1. The fraction of sp³-hybridized carbons (Fsp3) is 0.167. The second kappa shape index (κ2) is 3.81. The Morgan fingerprint density at radius 2 is 2.15 bits per heavy atom. The van der Waals surface area contributed by atoms with Crippen molar-refractivity contribution in [1.82, 2.24) is 4.98 Å². The maximum absolute atomic E-state index is 10.9. The molecule has 72 valence electrons. The third-order valence-corrected chi connectivity index (χ3v) is 3.48. The summed E-state index contributed by atoms with van der Waals surface area (Å²) >= 11 is 2.97. The van der Waals surface area contributed by atoms with E-state index in [4.69, 9.17) is 15.4 Å². The normalized spacial score (nSPS) is 11.3. The first-order valence-corrected chi connectivity index (χ1v) is 6.20. The molecule has 0 N–H and O–H groups in total. The highest BCUT2D eigenvalue weighted by molar-refractivity contribution is 9.10. The molecule has 0 aliphatic rings. The van der Waals surface area contributed by atoms with Crippen LogP contribution in [0.15, 0.2) is 21.6 Å². The Labute approximate surface area is 88.4 Å². The van der Waals surface area contributed by atoms with Crippen LogP contribution in [0.5, 0.6) is 5.88 Å². The molecule has 0 aromatic carbocycles. The highest BCUT2D eigenvalue weighted by Crippen LogP contribution is 2.25. The van der Waals surface area contributed by atoms with Crippen molar-refractivity contribution in [3.05, 3.63) is 16.7 Å². The van der Waals surface area contributed by atoms with Crippen molar-refractivity contribution in [3.63, 3.8) is 0 Å². The Balaban J connectivity index is 3.29. The number of rotatable bonds is 2. The summed E-state index contributed by atoms with van der Waals surface area (Å²) in [4.78, 5) is 3.71. The van der Waals surface area contributed by atoms with Crippen LogP contribution in [0.25, 0.3) is 0 Å². The first-order chi connectivity index (χ1) is 5.95. The van der Waals surface area contributed by atoms with Gasteiger partial charge in [-0.25, -0.2) is 13.4 Å². The molecule has 4 nitrogen and oxygen atoms in total. The lowest BCUT2D eigenvalue weighted by atomic mass is 10.5. The summed E-state index contributed by atoms with van der Waals surface area (Å²) < 4.78 is 26.7. The molecule has 1 rings (SSSR count). The Kier molecular flexibility index (Phi) is 3.15. The van der Waals surface area contributed by atoms with Crippen LogP contribution in [0.2, 0.25) is 0 Å². The van der Waals surface area contributed by atoms with Crippen LogP contribution in [0.1, 0.15) is 0 Å². The fourth-order valence-electron chi connectivity index (χ4n) is 0.700. The zero-order valence-electron chi connectivity index (χ0n) is 6.49. The number of halogens is 2. The van der Waals surface area contributed by atoms with Gasteiger partial charge in [-0.05, 0) is 22.0 Å². The van der Waals surface area contributed by atoms with E-state index >= 15 is 0 Å². The molecule has 0 unspecified atom stereocenters. The van der Waals surface area contributed by atoms with Gasteiger partial charge in [0.15, 0.2) is 0 Å². The minimum absolute atomic E-state index is 0.0741. The lowest BCUT2D eigenvalue weighted by Crippen LogP contribution is -1.96. The molecule has 0 atom stereocenters. The molecule has 0 spiro atoms. The van der Waals surface area contributed by atoms with Gasteiger partial charge in [0, 0.05) is 16.7 Å². The van der Waals surface area contributed by atoms with E-state index in [0.717, 1.165) is 0 Å². The molecule has 0 bridgehead atoms. The topological polar surface area (TPSA) is 56.3 Å². The molecule has 1 aromatic heterocycles. The second-order valence-corrected chi connectivity index (χ2v) is 5.37. The van der Waals surface area contributed by atoms with Crippen molar-refractivity contribution in [1.29, 1.82) is 0 Å². The van der Waals surface area contributed by atoms with E-state index in [-0.39, 0.29) is 9.50 Å². The zero-order valence-corrected chi connectivity index (χ0v) is 9.65. The van der Waals surface area contributed by atoms with E-state index in [1.54, 1.807) is 0 Å². The summed E-state index contributed by atoms with van der Waals surface area (Å²) in [6, 6.07) is 2.73. The molecule has 1 heterocycles. The van der Waals surface area contributed by atoms with Crippen LogP contribution in [0.4, 0.5) is 0 Å². The summed E-state index contributed by atoms with van der Waals surface area (Å²) in [6.07, 6.45) is 0. The van der Waals surface area contributed by atoms with Crippen molar-refractivity contribution >= 4 is 35.7 Å². The Morgan fingerprint density at radius 1 is 1.54 bits per heavy atom. The molecule has 0 saturated heterocycles. The number of ether oxygens (including phenoxy) is 1. The van der Waals surface area contributed by atoms with E-state index in [2.05, 4.69) is 20.9 Å². The van der Waals surface area contributed by atoms with Crippen LogP contribution < -0.4 is 4.74 Å². The highest BCUT2D eigenvalue weighted by atomic mass is 79.9. The van der Waals surface area contributed by atoms with Gasteiger partial charge in [0.25, 0.3) is 9.05 Å². The van der Waals surface area contributed by atoms with Crippen LogP contribution in [0, 0.1) is 0 Å². The van der Waals surface area contributed by atoms with Gasteiger partial charge >= 0.3 is 0 Å². The minimum atomic E-state index is -3.75. The third-order valence-electron chi connectivity index (χ3n) is 1.26. The SMILES string of the molecule is COc1ccc(S(=O)(=O)Cl)c(Br)n1. The van der Waals surface area contributed by atoms with E-state index < -0.39 is 9.05 Å². The van der Waals surface area contributed by atoms with E-state index in [1.807, 2.05) is 0 Å². The zero-order chi connectivity index (χ0) is 10.1. The standard InChI is InChI=1S/C6H5BrClNO3S/c1-12-5-3-2-4(6(7)9-5)13(8,10)11/h2-3H,1H3. The molecular weight excluding hydrogens is 281 g/mol. The summed E-state index contributed by atoms with van der Waals surface area (Å²) in [5.74, 6) is 0.316. The molecule has 7 heteroatoms. The van der Waals surface area contributed by atoms with Crippen molar-refractivity contribution in [2.24, 2.45) is 0 Å². The molecule has 0 radical (unpaired) electrons. The average Bonchev–Trinajstić information content (AvgIpc) is 2.01. The van der Waals surface area contributed by atoms with Gasteiger partial charge in [-0.3, -0.25) is 0 Å². The second-order valence-electron chi connectivity index (χ2n) is 2.08. The van der Waals surface area contributed by atoms with Gasteiger partial charge in [0.05, 0.1) is 7.11 Å².